The van der Waals surface area contributed by atoms with Gasteiger partial charge < -0.3 is 10.1 Å². The van der Waals surface area contributed by atoms with Crippen LogP contribution in [0.25, 0.3) is 5.69 Å². The Balaban J connectivity index is 2.29. The molecule has 0 aliphatic heterocycles. The molecule has 0 unspecified atom stereocenters. The molecule has 0 saturated heterocycles. The Morgan fingerprint density at radius 2 is 2.15 bits per heavy atom. The third-order valence-electron chi connectivity index (χ3n) is 2.90. The number of nitrogens with zero attached hydrogens (tertiary/aromatic N) is 2. The van der Waals surface area contributed by atoms with Crippen molar-refractivity contribution in [2.24, 2.45) is 5.92 Å². The molecule has 1 aromatic heterocycles. The molecular formula is C16H23N3O. The van der Waals surface area contributed by atoms with Crippen molar-refractivity contribution in [3.8, 4) is 11.4 Å². The second-order valence-electron chi connectivity index (χ2n) is 5.28. The number of aryl methyl sites for hydroxylation is 1. The molecular weight excluding hydrogens is 250 g/mol. The molecule has 0 spiro atoms. The van der Waals surface area contributed by atoms with Gasteiger partial charge in [-0.1, -0.05) is 19.9 Å². The van der Waals surface area contributed by atoms with Gasteiger partial charge in [0.2, 0.25) is 5.95 Å². The van der Waals surface area contributed by atoms with Crippen LogP contribution in [0, 0.1) is 12.8 Å². The molecule has 0 bridgehead atoms. The summed E-state index contributed by atoms with van der Waals surface area (Å²) in [6, 6.07) is 8.06. The van der Waals surface area contributed by atoms with Gasteiger partial charge in [-0.15, -0.1) is 0 Å². The van der Waals surface area contributed by atoms with E-state index >= 15 is 0 Å². The zero-order valence-corrected chi connectivity index (χ0v) is 12.7. The first-order valence-electron chi connectivity index (χ1n) is 7.13. The van der Waals surface area contributed by atoms with Gasteiger partial charge in [0.15, 0.2) is 0 Å². The summed E-state index contributed by atoms with van der Waals surface area (Å²) in [5, 5.41) is 3.39. The molecule has 4 heteroatoms. The van der Waals surface area contributed by atoms with Crippen LogP contribution in [0.1, 0.15) is 26.5 Å². The van der Waals surface area contributed by atoms with Crippen LogP contribution < -0.4 is 10.1 Å². The molecule has 1 aromatic carbocycles. The molecule has 0 saturated carbocycles. The number of ether oxygens (including phenoxy) is 1. The van der Waals surface area contributed by atoms with Crippen molar-refractivity contribution in [2.75, 3.05) is 18.5 Å². The molecule has 0 aliphatic rings. The summed E-state index contributed by atoms with van der Waals surface area (Å²) < 4.78 is 7.63. The van der Waals surface area contributed by atoms with Gasteiger partial charge >= 0.3 is 0 Å². The Bertz CT molecular complexity index is 561. The number of anilines is 1. The molecule has 20 heavy (non-hydrogen) atoms. The van der Waals surface area contributed by atoms with E-state index in [1.807, 2.05) is 38.2 Å². The maximum Gasteiger partial charge on any atom is 0.207 e. The SMILES string of the molecule is CCOc1cccc(-n2cc(C)nc2NCC(C)C)c1. The van der Waals surface area contributed by atoms with Crippen molar-refractivity contribution in [3.05, 3.63) is 36.2 Å². The number of benzene rings is 1. The highest BCUT2D eigenvalue weighted by Crippen LogP contribution is 2.21. The second kappa shape index (κ2) is 6.46. The molecule has 1 N–H and O–H groups in total. The maximum absolute atomic E-state index is 5.56. The van der Waals surface area contributed by atoms with E-state index in [0.29, 0.717) is 12.5 Å². The van der Waals surface area contributed by atoms with E-state index in [2.05, 4.69) is 34.8 Å². The van der Waals surface area contributed by atoms with E-state index < -0.39 is 0 Å². The Kier molecular flexibility index (Phi) is 4.66. The lowest BCUT2D eigenvalue weighted by molar-refractivity contribution is 0.340. The summed E-state index contributed by atoms with van der Waals surface area (Å²) >= 11 is 0. The summed E-state index contributed by atoms with van der Waals surface area (Å²) in [5.74, 6) is 2.34. The first-order chi connectivity index (χ1) is 9.60. The molecule has 0 atom stereocenters. The predicted molar refractivity (Wildman–Crippen MR) is 82.8 cm³/mol. The van der Waals surface area contributed by atoms with Gasteiger partial charge in [-0.25, -0.2) is 4.98 Å². The van der Waals surface area contributed by atoms with Gasteiger partial charge in [-0.3, -0.25) is 4.57 Å². The van der Waals surface area contributed by atoms with Crippen LogP contribution in [0.5, 0.6) is 5.75 Å². The Morgan fingerprint density at radius 1 is 1.35 bits per heavy atom. The molecule has 2 aromatic rings. The largest absolute Gasteiger partial charge is 0.494 e. The molecule has 2 rings (SSSR count). The fraction of sp³-hybridized carbons (Fsp3) is 0.438. The van der Waals surface area contributed by atoms with E-state index in [4.69, 9.17) is 4.74 Å². The highest BCUT2D eigenvalue weighted by Gasteiger charge is 2.08. The van der Waals surface area contributed by atoms with E-state index in [0.717, 1.165) is 29.6 Å². The van der Waals surface area contributed by atoms with Crippen LogP contribution in [-0.2, 0) is 0 Å². The summed E-state index contributed by atoms with van der Waals surface area (Å²) in [6.45, 7) is 9.94. The number of rotatable bonds is 6. The first kappa shape index (κ1) is 14.4. The number of nitrogens with one attached hydrogen (secondary N) is 1. The van der Waals surface area contributed by atoms with Crippen LogP contribution >= 0.6 is 0 Å². The maximum atomic E-state index is 5.56. The van der Waals surface area contributed by atoms with Crippen LogP contribution in [-0.4, -0.2) is 22.7 Å². The highest BCUT2D eigenvalue weighted by molar-refractivity contribution is 5.46. The van der Waals surface area contributed by atoms with Gasteiger partial charge in [-0.2, -0.15) is 0 Å². The third-order valence-corrected chi connectivity index (χ3v) is 2.90. The minimum atomic E-state index is 0.579. The van der Waals surface area contributed by atoms with E-state index in [1.165, 1.54) is 0 Å². The zero-order valence-electron chi connectivity index (χ0n) is 12.7. The molecule has 0 aliphatic carbocycles. The Morgan fingerprint density at radius 3 is 2.85 bits per heavy atom. The van der Waals surface area contributed by atoms with Crippen molar-refractivity contribution in [3.63, 3.8) is 0 Å². The fourth-order valence-electron chi connectivity index (χ4n) is 2.00. The molecule has 4 nitrogen and oxygen atoms in total. The molecule has 0 radical (unpaired) electrons. The van der Waals surface area contributed by atoms with Gasteiger partial charge in [0.05, 0.1) is 18.0 Å². The summed E-state index contributed by atoms with van der Waals surface area (Å²) in [7, 11) is 0. The van der Waals surface area contributed by atoms with Crippen LogP contribution in [0.15, 0.2) is 30.5 Å². The van der Waals surface area contributed by atoms with E-state index in [-0.39, 0.29) is 0 Å². The topological polar surface area (TPSA) is 39.1 Å². The highest BCUT2D eigenvalue weighted by atomic mass is 16.5. The molecule has 0 fully saturated rings. The fourth-order valence-corrected chi connectivity index (χ4v) is 2.00. The van der Waals surface area contributed by atoms with Crippen molar-refractivity contribution >= 4 is 5.95 Å². The lowest BCUT2D eigenvalue weighted by Crippen LogP contribution is -2.12. The van der Waals surface area contributed by atoms with Crippen molar-refractivity contribution in [2.45, 2.75) is 27.7 Å². The van der Waals surface area contributed by atoms with Gasteiger partial charge in [0, 0.05) is 18.8 Å². The van der Waals surface area contributed by atoms with Crippen LogP contribution in [0.4, 0.5) is 5.95 Å². The van der Waals surface area contributed by atoms with E-state index in [1.54, 1.807) is 0 Å². The number of aromatic nitrogens is 2. The second-order valence-corrected chi connectivity index (χ2v) is 5.28. The molecule has 0 amide bonds. The molecule has 1 heterocycles. The summed E-state index contributed by atoms with van der Waals surface area (Å²) in [6.07, 6.45) is 2.04. The number of imidazole rings is 1. The van der Waals surface area contributed by atoms with Crippen molar-refractivity contribution in [1.82, 2.24) is 9.55 Å². The van der Waals surface area contributed by atoms with Crippen molar-refractivity contribution in [1.29, 1.82) is 0 Å². The Hall–Kier alpha value is -1.97. The predicted octanol–water partition coefficient (Wildman–Crippen LogP) is 3.65. The summed E-state index contributed by atoms with van der Waals surface area (Å²) in [5.41, 5.74) is 2.06. The van der Waals surface area contributed by atoms with Crippen LogP contribution in [0.2, 0.25) is 0 Å². The number of hydrogen-bond acceptors (Lipinski definition) is 3. The minimum Gasteiger partial charge on any atom is -0.494 e. The average molecular weight is 273 g/mol. The normalized spacial score (nSPS) is 10.8. The monoisotopic (exact) mass is 273 g/mol. The third kappa shape index (κ3) is 3.53. The lowest BCUT2D eigenvalue weighted by Gasteiger charge is -2.12. The van der Waals surface area contributed by atoms with Gasteiger partial charge in [-0.05, 0) is 31.9 Å². The van der Waals surface area contributed by atoms with Gasteiger partial charge in [0.1, 0.15) is 5.75 Å². The standard InChI is InChI=1S/C16H23N3O/c1-5-20-15-8-6-7-14(9-15)19-11-13(4)18-16(19)17-10-12(2)3/h6-9,11-12H,5,10H2,1-4H3,(H,17,18). The lowest BCUT2D eigenvalue weighted by atomic mass is 10.2. The van der Waals surface area contributed by atoms with Crippen molar-refractivity contribution < 1.29 is 4.74 Å². The molecule has 108 valence electrons. The minimum absolute atomic E-state index is 0.579. The smallest absolute Gasteiger partial charge is 0.207 e. The number of hydrogen-bond donors (Lipinski definition) is 1. The average Bonchev–Trinajstić information content (AvgIpc) is 2.78. The summed E-state index contributed by atoms with van der Waals surface area (Å²) in [4.78, 5) is 4.55. The van der Waals surface area contributed by atoms with Crippen LogP contribution in [0.3, 0.4) is 0 Å². The zero-order chi connectivity index (χ0) is 14.5. The van der Waals surface area contributed by atoms with Gasteiger partial charge in [0.25, 0.3) is 0 Å². The van der Waals surface area contributed by atoms with E-state index in [9.17, 15) is 0 Å². The quantitative estimate of drug-likeness (QED) is 0.873. The Labute approximate surface area is 120 Å². The first-order valence-corrected chi connectivity index (χ1v) is 7.13.